The smallest absolute Gasteiger partial charge is 0.326 e. The SMILES string of the molecule is Cc1cc(NC(=O)NC(=O)c2c(Cl)cccc2Cl)ccc1Oc1ncc(C#N)cc1C. The predicted octanol–water partition coefficient (Wildman–Crippen LogP) is 5.63. The maximum Gasteiger partial charge on any atom is 0.326 e. The zero-order valence-corrected chi connectivity index (χ0v) is 18.0. The summed E-state index contributed by atoms with van der Waals surface area (Å²) >= 11 is 12.0. The lowest BCUT2D eigenvalue weighted by Gasteiger charge is -2.12. The molecule has 0 aliphatic carbocycles. The van der Waals surface area contributed by atoms with E-state index >= 15 is 0 Å². The Kier molecular flexibility index (Phi) is 6.75. The Bertz CT molecular complexity index is 1200. The van der Waals surface area contributed by atoms with E-state index in [0.29, 0.717) is 22.9 Å². The molecule has 1 aromatic heterocycles. The van der Waals surface area contributed by atoms with Gasteiger partial charge in [0, 0.05) is 17.4 Å². The third-order valence-corrected chi connectivity index (χ3v) is 4.85. The molecule has 0 aliphatic rings. The van der Waals surface area contributed by atoms with E-state index in [-0.39, 0.29) is 15.6 Å². The maximum atomic E-state index is 12.3. The number of rotatable bonds is 4. The normalized spacial score (nSPS) is 10.2. The van der Waals surface area contributed by atoms with Crippen molar-refractivity contribution in [3.05, 3.63) is 81.0 Å². The van der Waals surface area contributed by atoms with Crippen LogP contribution in [0.5, 0.6) is 11.6 Å². The molecule has 1 heterocycles. The highest BCUT2D eigenvalue weighted by Crippen LogP contribution is 2.28. The zero-order chi connectivity index (χ0) is 22.5. The Hall–Kier alpha value is -3.60. The van der Waals surface area contributed by atoms with E-state index < -0.39 is 11.9 Å². The van der Waals surface area contributed by atoms with Gasteiger partial charge in [0.05, 0.1) is 21.2 Å². The molecule has 2 N–H and O–H groups in total. The summed E-state index contributed by atoms with van der Waals surface area (Å²) in [6.45, 7) is 3.59. The van der Waals surface area contributed by atoms with Gasteiger partial charge in [-0.2, -0.15) is 5.26 Å². The van der Waals surface area contributed by atoms with E-state index in [9.17, 15) is 9.59 Å². The van der Waals surface area contributed by atoms with Gasteiger partial charge in [-0.05, 0) is 55.8 Å². The van der Waals surface area contributed by atoms with E-state index in [1.165, 1.54) is 18.3 Å². The summed E-state index contributed by atoms with van der Waals surface area (Å²) in [7, 11) is 0. The van der Waals surface area contributed by atoms with Crippen LogP contribution < -0.4 is 15.4 Å². The number of hydrogen-bond acceptors (Lipinski definition) is 5. The van der Waals surface area contributed by atoms with Crippen molar-refractivity contribution in [2.75, 3.05) is 5.32 Å². The lowest BCUT2D eigenvalue weighted by Crippen LogP contribution is -2.34. The number of halogens is 2. The number of aryl methyl sites for hydroxylation is 2. The highest BCUT2D eigenvalue weighted by atomic mass is 35.5. The van der Waals surface area contributed by atoms with Crippen LogP contribution in [0.1, 0.15) is 27.0 Å². The number of anilines is 1. The fourth-order valence-corrected chi connectivity index (χ4v) is 3.29. The Morgan fingerprint density at radius 3 is 2.39 bits per heavy atom. The van der Waals surface area contributed by atoms with Gasteiger partial charge in [0.1, 0.15) is 11.8 Å². The average molecular weight is 455 g/mol. The van der Waals surface area contributed by atoms with Crippen LogP contribution >= 0.6 is 23.2 Å². The molecule has 31 heavy (non-hydrogen) atoms. The number of amides is 3. The third-order valence-electron chi connectivity index (χ3n) is 4.22. The van der Waals surface area contributed by atoms with Crippen molar-refractivity contribution in [1.82, 2.24) is 10.3 Å². The fourth-order valence-electron chi connectivity index (χ4n) is 2.72. The quantitative estimate of drug-likeness (QED) is 0.531. The number of carbonyl (C=O) groups excluding carboxylic acids is 2. The number of nitrogens with one attached hydrogen (secondary N) is 2. The van der Waals surface area contributed by atoms with Crippen LogP contribution in [0, 0.1) is 25.2 Å². The molecule has 2 aromatic carbocycles. The topological polar surface area (TPSA) is 104 Å². The number of aromatic nitrogens is 1. The number of ether oxygens (including phenoxy) is 1. The second-order valence-corrected chi connectivity index (χ2v) is 7.36. The van der Waals surface area contributed by atoms with Crippen LogP contribution in [-0.2, 0) is 0 Å². The second-order valence-electron chi connectivity index (χ2n) is 6.55. The highest BCUT2D eigenvalue weighted by Gasteiger charge is 2.17. The van der Waals surface area contributed by atoms with Gasteiger partial charge >= 0.3 is 6.03 Å². The summed E-state index contributed by atoms with van der Waals surface area (Å²) < 4.78 is 5.82. The lowest BCUT2D eigenvalue weighted by molar-refractivity contribution is 0.0967. The maximum absolute atomic E-state index is 12.3. The summed E-state index contributed by atoms with van der Waals surface area (Å²) in [6.07, 6.45) is 1.43. The minimum absolute atomic E-state index is 0.0196. The number of pyridine rings is 1. The number of benzene rings is 2. The second kappa shape index (κ2) is 9.47. The number of urea groups is 1. The predicted molar refractivity (Wildman–Crippen MR) is 118 cm³/mol. The molecule has 3 rings (SSSR count). The average Bonchev–Trinajstić information content (AvgIpc) is 2.71. The Morgan fingerprint density at radius 2 is 1.77 bits per heavy atom. The van der Waals surface area contributed by atoms with Gasteiger partial charge in [0.2, 0.25) is 5.88 Å². The molecule has 0 radical (unpaired) electrons. The summed E-state index contributed by atoms with van der Waals surface area (Å²) in [5.74, 6) is 0.195. The van der Waals surface area contributed by atoms with E-state index in [4.69, 9.17) is 33.2 Å². The van der Waals surface area contributed by atoms with Crippen LogP contribution in [0.25, 0.3) is 0 Å². The van der Waals surface area contributed by atoms with Crippen molar-refractivity contribution >= 4 is 40.8 Å². The van der Waals surface area contributed by atoms with Crippen LogP contribution in [0.15, 0.2) is 48.7 Å². The van der Waals surface area contributed by atoms with E-state index in [1.54, 1.807) is 44.2 Å². The van der Waals surface area contributed by atoms with Crippen molar-refractivity contribution in [3.63, 3.8) is 0 Å². The number of carbonyl (C=O) groups is 2. The van der Waals surface area contributed by atoms with Crippen LogP contribution in [0.3, 0.4) is 0 Å². The van der Waals surface area contributed by atoms with Crippen molar-refractivity contribution in [1.29, 1.82) is 5.26 Å². The molecule has 156 valence electrons. The largest absolute Gasteiger partial charge is 0.438 e. The van der Waals surface area contributed by atoms with Crippen LogP contribution in [-0.4, -0.2) is 16.9 Å². The van der Waals surface area contributed by atoms with E-state index in [2.05, 4.69) is 15.6 Å². The molecule has 0 saturated carbocycles. The molecule has 0 atom stereocenters. The molecule has 3 amide bonds. The molecule has 0 aliphatic heterocycles. The molecule has 7 nitrogen and oxygen atoms in total. The standard InChI is InChI=1S/C22H16Cl2N4O3/c1-12-9-15(6-7-18(12)31-21-13(2)8-14(10-25)11-26-21)27-22(30)28-20(29)19-16(23)4-3-5-17(19)24/h3-9,11H,1-2H3,(H2,27,28,29,30). The van der Waals surface area contributed by atoms with Crippen LogP contribution in [0.4, 0.5) is 10.5 Å². The van der Waals surface area contributed by atoms with Gasteiger partial charge in [-0.25, -0.2) is 9.78 Å². The first kappa shape index (κ1) is 22.1. The summed E-state index contributed by atoms with van der Waals surface area (Å²) in [5.41, 5.74) is 2.36. The summed E-state index contributed by atoms with van der Waals surface area (Å²) in [5, 5.41) is 14.0. The number of nitrogens with zero attached hydrogens (tertiary/aromatic N) is 2. The lowest BCUT2D eigenvalue weighted by atomic mass is 10.2. The van der Waals surface area contributed by atoms with Gasteiger partial charge in [-0.15, -0.1) is 0 Å². The highest BCUT2D eigenvalue weighted by molar-refractivity contribution is 6.40. The number of imide groups is 1. The minimum atomic E-state index is -0.737. The molecular weight excluding hydrogens is 439 g/mol. The van der Waals surface area contributed by atoms with Crippen LogP contribution in [0.2, 0.25) is 10.0 Å². The van der Waals surface area contributed by atoms with Gasteiger partial charge < -0.3 is 10.1 Å². The third kappa shape index (κ3) is 5.31. The van der Waals surface area contributed by atoms with Gasteiger partial charge in [-0.1, -0.05) is 29.3 Å². The first-order valence-electron chi connectivity index (χ1n) is 9.00. The molecule has 0 saturated heterocycles. The summed E-state index contributed by atoms with van der Waals surface area (Å²) in [4.78, 5) is 28.7. The molecule has 0 bridgehead atoms. The molecule has 9 heteroatoms. The minimum Gasteiger partial charge on any atom is -0.438 e. The molecule has 3 aromatic rings. The van der Waals surface area contributed by atoms with Crippen molar-refractivity contribution in [2.45, 2.75) is 13.8 Å². The molecule has 0 unspecified atom stereocenters. The first-order chi connectivity index (χ1) is 14.8. The molecular formula is C22H16Cl2N4O3. The Labute approximate surface area is 188 Å². The van der Waals surface area contributed by atoms with Crippen molar-refractivity contribution in [2.24, 2.45) is 0 Å². The first-order valence-corrected chi connectivity index (χ1v) is 9.75. The summed E-state index contributed by atoms with van der Waals surface area (Å²) in [6, 6.07) is 12.5. The molecule has 0 spiro atoms. The molecule has 0 fully saturated rings. The van der Waals surface area contributed by atoms with Gasteiger partial charge in [-0.3, -0.25) is 10.1 Å². The van der Waals surface area contributed by atoms with Gasteiger partial charge in [0.25, 0.3) is 5.91 Å². The Balaban J connectivity index is 1.68. The number of nitriles is 1. The number of hydrogen-bond donors (Lipinski definition) is 2. The van der Waals surface area contributed by atoms with Crippen molar-refractivity contribution < 1.29 is 14.3 Å². The van der Waals surface area contributed by atoms with Crippen molar-refractivity contribution in [3.8, 4) is 17.7 Å². The fraction of sp³-hybridized carbons (Fsp3) is 0.0909. The monoisotopic (exact) mass is 454 g/mol. The van der Waals surface area contributed by atoms with Gasteiger partial charge in [0.15, 0.2) is 0 Å². The Morgan fingerprint density at radius 1 is 1.06 bits per heavy atom. The zero-order valence-electron chi connectivity index (χ0n) is 16.5. The van der Waals surface area contributed by atoms with E-state index in [1.807, 2.05) is 6.07 Å². The van der Waals surface area contributed by atoms with E-state index in [0.717, 1.165) is 11.1 Å².